The minimum Gasteiger partial charge on any atom is -0.323 e. The van der Waals surface area contributed by atoms with E-state index in [-0.39, 0.29) is 0 Å². The largest absolute Gasteiger partial charge is 0.469 e. The van der Waals surface area contributed by atoms with Gasteiger partial charge in [-0.3, -0.25) is 18.2 Å². The molecule has 13 nitrogen and oxygen atoms in total. The fourth-order valence-corrected chi connectivity index (χ4v) is 7.23. The van der Waals surface area contributed by atoms with Crippen molar-refractivity contribution < 1.29 is 61.9 Å². The van der Waals surface area contributed by atoms with Gasteiger partial charge < -0.3 is 39.1 Å². The molecule has 17 heteroatoms. The van der Waals surface area contributed by atoms with Gasteiger partial charge in [0.05, 0.1) is 6.61 Å². The number of phosphoric ester groups is 1. The summed E-state index contributed by atoms with van der Waals surface area (Å²) in [7, 11) is -23.0. The molecule has 0 aliphatic heterocycles. The summed E-state index contributed by atoms with van der Waals surface area (Å²) in [6, 6.07) is 0. The van der Waals surface area contributed by atoms with Gasteiger partial charge in [0.25, 0.3) is 4.64 Å². The molecule has 0 saturated carbocycles. The summed E-state index contributed by atoms with van der Waals surface area (Å²) in [4.78, 5) is 70.7. The quantitative estimate of drug-likeness (QED) is 0.183. The minimum absolute atomic E-state index is 0.841. The number of rotatable bonds is 8. The maximum atomic E-state index is 11.3. The maximum absolute atomic E-state index is 11.3. The molecule has 0 rings (SSSR count). The van der Waals surface area contributed by atoms with Gasteiger partial charge in [0.2, 0.25) is 0 Å². The zero-order valence-corrected chi connectivity index (χ0v) is 13.6. The molecular formula is C4H14O13P4. The molecule has 0 aromatic carbocycles. The van der Waals surface area contributed by atoms with Crippen LogP contribution in [-0.2, 0) is 22.8 Å². The zero-order chi connectivity index (χ0) is 17.3. The van der Waals surface area contributed by atoms with Crippen LogP contribution in [0, 0.1) is 0 Å². The number of phosphoric acid groups is 1. The first-order valence-electron chi connectivity index (χ1n) is 4.83. The number of hydrogen-bond donors (Lipinski definition) is 8. The van der Waals surface area contributed by atoms with Crippen molar-refractivity contribution in [3.05, 3.63) is 0 Å². The maximum Gasteiger partial charge on any atom is 0.469 e. The van der Waals surface area contributed by atoms with Crippen molar-refractivity contribution >= 4 is 30.6 Å². The minimum atomic E-state index is -6.01. The van der Waals surface area contributed by atoms with E-state index in [9.17, 15) is 18.3 Å². The van der Waals surface area contributed by atoms with Crippen LogP contribution in [0.25, 0.3) is 0 Å². The smallest absolute Gasteiger partial charge is 0.323 e. The Hall–Kier alpha value is 0.560. The molecule has 0 heterocycles. The Kier molecular flexibility index (Phi) is 6.76. The van der Waals surface area contributed by atoms with Crippen LogP contribution in [0.1, 0.15) is 12.8 Å². The fraction of sp³-hybridized carbons (Fsp3) is 1.00. The van der Waals surface area contributed by atoms with Gasteiger partial charge in [-0.15, -0.1) is 0 Å². The van der Waals surface area contributed by atoms with E-state index in [0.717, 1.165) is 0 Å². The topological polar surface area (TPSA) is 239 Å². The lowest BCUT2D eigenvalue weighted by Gasteiger charge is -2.34. The van der Waals surface area contributed by atoms with E-state index >= 15 is 0 Å². The molecule has 0 aliphatic carbocycles. The summed E-state index contributed by atoms with van der Waals surface area (Å²) in [6.07, 6.45) is -2.27. The molecule has 0 atom stereocenters. The van der Waals surface area contributed by atoms with Crippen molar-refractivity contribution in [3.8, 4) is 0 Å². The van der Waals surface area contributed by atoms with E-state index in [1.807, 2.05) is 0 Å². The van der Waals surface area contributed by atoms with Crippen LogP contribution < -0.4 is 0 Å². The van der Waals surface area contributed by atoms with Crippen molar-refractivity contribution in [1.29, 1.82) is 0 Å². The third kappa shape index (κ3) is 5.30. The second kappa shape index (κ2) is 6.59. The van der Waals surface area contributed by atoms with Gasteiger partial charge in [-0.2, -0.15) is 0 Å². The van der Waals surface area contributed by atoms with E-state index in [1.54, 1.807) is 0 Å². The molecule has 0 saturated heterocycles. The molecule has 0 unspecified atom stereocenters. The Labute approximate surface area is 117 Å². The lowest BCUT2D eigenvalue weighted by Crippen LogP contribution is -2.29. The van der Waals surface area contributed by atoms with E-state index in [0.29, 0.717) is 0 Å². The van der Waals surface area contributed by atoms with E-state index in [2.05, 4.69) is 4.52 Å². The average Bonchev–Trinajstić information content (AvgIpc) is 2.08. The van der Waals surface area contributed by atoms with Crippen LogP contribution in [0.4, 0.5) is 0 Å². The SMILES string of the molecule is O=P(O)(O)OCCCC(P(=O)(O)O)(P(=O)(O)O)P(=O)(O)O. The highest BCUT2D eigenvalue weighted by molar-refractivity contribution is 7.88. The standard InChI is InChI=1S/C4H14O13P4/c5-18(6,7)4(19(8,9)10,20(11,12)13)2-1-3-17-21(14,15)16/h1-3H2,(H2,5,6,7)(H2,8,9,10)(H2,11,12,13)(H2,14,15,16). The number of hydrogen-bond acceptors (Lipinski definition) is 5. The first-order valence-corrected chi connectivity index (χ1v) is 11.2. The Bertz CT molecular complexity index is 487. The van der Waals surface area contributed by atoms with Crippen molar-refractivity contribution in [3.63, 3.8) is 0 Å². The predicted molar refractivity (Wildman–Crippen MR) is 66.1 cm³/mol. The Balaban J connectivity index is 5.56. The molecule has 0 amide bonds. The second-order valence-corrected chi connectivity index (χ2v) is 11.7. The van der Waals surface area contributed by atoms with Crippen LogP contribution in [0.2, 0.25) is 0 Å². The molecule has 128 valence electrons. The summed E-state index contributed by atoms with van der Waals surface area (Å²) in [5.74, 6) is 0. The summed E-state index contributed by atoms with van der Waals surface area (Å²) in [6.45, 7) is -0.938. The highest BCUT2D eigenvalue weighted by atomic mass is 31.3. The third-order valence-corrected chi connectivity index (χ3v) is 11.0. The molecule has 0 fully saturated rings. The molecule has 21 heavy (non-hydrogen) atoms. The van der Waals surface area contributed by atoms with Gasteiger partial charge in [-0.1, -0.05) is 0 Å². The third-order valence-electron chi connectivity index (χ3n) is 2.32. The fourth-order valence-electron chi connectivity index (χ4n) is 1.44. The molecule has 0 radical (unpaired) electrons. The van der Waals surface area contributed by atoms with Crippen LogP contribution in [0.5, 0.6) is 0 Å². The first-order chi connectivity index (χ1) is 8.96. The monoisotopic (exact) mass is 394 g/mol. The lowest BCUT2D eigenvalue weighted by molar-refractivity contribution is 0.192. The first kappa shape index (κ1) is 21.6. The van der Waals surface area contributed by atoms with E-state index < -0.39 is 54.7 Å². The average molecular weight is 394 g/mol. The summed E-state index contributed by atoms with van der Waals surface area (Å²) >= 11 is 0. The van der Waals surface area contributed by atoms with Crippen LogP contribution in [-0.4, -0.2) is 50.4 Å². The molecule has 8 N–H and O–H groups in total. The molecule has 0 bridgehead atoms. The highest BCUT2D eigenvalue weighted by Crippen LogP contribution is 2.84. The van der Waals surface area contributed by atoms with Gasteiger partial charge in [0.15, 0.2) is 0 Å². The highest BCUT2D eigenvalue weighted by Gasteiger charge is 2.71. The Morgan fingerprint density at radius 3 is 1.29 bits per heavy atom. The molecule has 0 spiro atoms. The van der Waals surface area contributed by atoms with Crippen molar-refractivity contribution in [1.82, 2.24) is 0 Å². The van der Waals surface area contributed by atoms with Gasteiger partial charge in [-0.25, -0.2) is 4.57 Å². The Morgan fingerprint density at radius 2 is 1.05 bits per heavy atom. The van der Waals surface area contributed by atoms with Gasteiger partial charge in [-0.05, 0) is 12.8 Å². The van der Waals surface area contributed by atoms with Crippen LogP contribution in [0.15, 0.2) is 0 Å². The van der Waals surface area contributed by atoms with Gasteiger partial charge in [0, 0.05) is 0 Å². The zero-order valence-electron chi connectivity index (χ0n) is 10.0. The lowest BCUT2D eigenvalue weighted by atomic mass is 10.3. The predicted octanol–water partition coefficient (Wildman–Crippen LogP) is -0.937. The second-order valence-electron chi connectivity index (χ2n) is 3.83. The van der Waals surface area contributed by atoms with Crippen LogP contribution >= 0.6 is 30.6 Å². The molecular weight excluding hydrogens is 380 g/mol. The Morgan fingerprint density at radius 1 is 0.714 bits per heavy atom. The molecule has 0 aromatic heterocycles. The van der Waals surface area contributed by atoms with Crippen molar-refractivity contribution in [2.45, 2.75) is 17.5 Å². The summed E-state index contributed by atoms with van der Waals surface area (Å²) in [5.41, 5.74) is 0. The summed E-state index contributed by atoms with van der Waals surface area (Å²) in [5, 5.41) is 0. The van der Waals surface area contributed by atoms with Crippen molar-refractivity contribution in [2.75, 3.05) is 6.61 Å². The molecule has 0 aliphatic rings. The van der Waals surface area contributed by atoms with E-state index in [4.69, 9.17) is 39.1 Å². The van der Waals surface area contributed by atoms with Gasteiger partial charge >= 0.3 is 30.6 Å². The molecule has 0 aromatic rings. The normalized spacial score (nSPS) is 15.2. The van der Waals surface area contributed by atoms with Crippen LogP contribution in [0.3, 0.4) is 0 Å². The van der Waals surface area contributed by atoms with Gasteiger partial charge in [0.1, 0.15) is 0 Å². The van der Waals surface area contributed by atoms with E-state index in [1.165, 1.54) is 0 Å². The van der Waals surface area contributed by atoms with Crippen molar-refractivity contribution in [2.24, 2.45) is 0 Å². The summed E-state index contributed by atoms with van der Waals surface area (Å²) < 4.78 is 44.0.